The van der Waals surface area contributed by atoms with Crippen LogP contribution in [0.15, 0.2) is 30.3 Å². The van der Waals surface area contributed by atoms with E-state index in [1.807, 2.05) is 56.1 Å². The lowest BCUT2D eigenvalue weighted by atomic mass is 10.1. The highest BCUT2D eigenvalue weighted by molar-refractivity contribution is 5.92. The molecule has 0 saturated carbocycles. The largest absolute Gasteiger partial charge is 0.465 e. The number of nitrogens with zero attached hydrogens (tertiary/aromatic N) is 2. The summed E-state index contributed by atoms with van der Waals surface area (Å²) in [5.74, 6) is -0.702. The number of likely N-dealkylation sites (N-methyl/N-ethyl adjacent to an activating group) is 1. The van der Waals surface area contributed by atoms with Gasteiger partial charge < -0.3 is 15.0 Å². The SMILES string of the molecule is CC(C)COC(=O)CC1C(=O)NCCN1C(=O)CN(C)Cc1ccccc1. The molecule has 1 fully saturated rings. The molecule has 0 bridgehead atoms. The molecule has 1 saturated heterocycles. The minimum Gasteiger partial charge on any atom is -0.465 e. The Balaban J connectivity index is 1.94. The maximum Gasteiger partial charge on any atom is 0.308 e. The smallest absolute Gasteiger partial charge is 0.308 e. The fraction of sp³-hybridized carbons (Fsp3) is 0.550. The Kier molecular flexibility index (Phi) is 7.79. The number of carbonyl (C=O) groups excluding carboxylic acids is 3. The first-order chi connectivity index (χ1) is 12.9. The Morgan fingerprint density at radius 3 is 2.67 bits per heavy atom. The van der Waals surface area contributed by atoms with E-state index in [-0.39, 0.29) is 30.7 Å². The van der Waals surface area contributed by atoms with E-state index in [1.54, 1.807) is 0 Å². The first-order valence-corrected chi connectivity index (χ1v) is 9.32. The van der Waals surface area contributed by atoms with Gasteiger partial charge in [0.05, 0.1) is 19.6 Å². The second-order valence-electron chi connectivity index (χ2n) is 7.33. The third-order valence-corrected chi connectivity index (χ3v) is 4.29. The molecule has 1 N–H and O–H groups in total. The van der Waals surface area contributed by atoms with Crippen molar-refractivity contribution in [1.29, 1.82) is 0 Å². The molecular weight excluding hydrogens is 346 g/mol. The van der Waals surface area contributed by atoms with Gasteiger partial charge >= 0.3 is 5.97 Å². The lowest BCUT2D eigenvalue weighted by molar-refractivity contribution is -0.152. The second kappa shape index (κ2) is 10.1. The van der Waals surface area contributed by atoms with Crippen molar-refractivity contribution >= 4 is 17.8 Å². The number of esters is 1. The predicted octanol–water partition coefficient (Wildman–Crippen LogP) is 1.03. The lowest BCUT2D eigenvalue weighted by Gasteiger charge is -2.35. The fourth-order valence-electron chi connectivity index (χ4n) is 2.97. The Bertz CT molecular complexity index is 648. The van der Waals surface area contributed by atoms with Crippen LogP contribution < -0.4 is 5.32 Å². The van der Waals surface area contributed by atoms with E-state index >= 15 is 0 Å². The molecule has 1 heterocycles. The molecule has 1 aliphatic rings. The highest BCUT2D eigenvalue weighted by atomic mass is 16.5. The fourth-order valence-corrected chi connectivity index (χ4v) is 2.97. The zero-order valence-electron chi connectivity index (χ0n) is 16.3. The second-order valence-corrected chi connectivity index (χ2v) is 7.33. The number of rotatable bonds is 8. The van der Waals surface area contributed by atoms with Crippen molar-refractivity contribution in [3.8, 4) is 0 Å². The average Bonchev–Trinajstić information content (AvgIpc) is 2.62. The van der Waals surface area contributed by atoms with Gasteiger partial charge in [-0.3, -0.25) is 19.3 Å². The van der Waals surface area contributed by atoms with Crippen molar-refractivity contribution in [1.82, 2.24) is 15.1 Å². The van der Waals surface area contributed by atoms with Crippen LogP contribution in [0.5, 0.6) is 0 Å². The van der Waals surface area contributed by atoms with E-state index in [0.717, 1.165) is 5.56 Å². The van der Waals surface area contributed by atoms with Gasteiger partial charge in [0.1, 0.15) is 6.04 Å². The van der Waals surface area contributed by atoms with Crippen molar-refractivity contribution in [3.05, 3.63) is 35.9 Å². The first kappa shape index (κ1) is 20.9. The highest BCUT2D eigenvalue weighted by Gasteiger charge is 2.35. The zero-order chi connectivity index (χ0) is 19.8. The molecule has 2 amide bonds. The van der Waals surface area contributed by atoms with Gasteiger partial charge in [0.25, 0.3) is 0 Å². The number of ether oxygens (including phenoxy) is 1. The number of carbonyl (C=O) groups is 3. The van der Waals surface area contributed by atoms with Crippen molar-refractivity contribution in [3.63, 3.8) is 0 Å². The Hall–Kier alpha value is -2.41. The van der Waals surface area contributed by atoms with Gasteiger partial charge in [-0.2, -0.15) is 0 Å². The summed E-state index contributed by atoms with van der Waals surface area (Å²) in [6.45, 7) is 5.79. The highest BCUT2D eigenvalue weighted by Crippen LogP contribution is 2.12. The van der Waals surface area contributed by atoms with Gasteiger partial charge in [-0.05, 0) is 18.5 Å². The molecule has 0 aliphatic carbocycles. The van der Waals surface area contributed by atoms with E-state index in [2.05, 4.69) is 5.32 Å². The molecule has 2 rings (SSSR count). The summed E-state index contributed by atoms with van der Waals surface area (Å²) in [7, 11) is 1.86. The molecule has 1 aliphatic heterocycles. The molecule has 148 valence electrons. The summed E-state index contributed by atoms with van der Waals surface area (Å²) < 4.78 is 5.18. The number of nitrogens with one attached hydrogen (secondary N) is 1. The molecule has 27 heavy (non-hydrogen) atoms. The Morgan fingerprint density at radius 2 is 2.00 bits per heavy atom. The van der Waals surface area contributed by atoms with Gasteiger partial charge in [0, 0.05) is 19.6 Å². The van der Waals surface area contributed by atoms with Gasteiger partial charge in [0.2, 0.25) is 11.8 Å². The molecule has 0 radical (unpaired) electrons. The Labute approximate surface area is 160 Å². The molecule has 1 aromatic carbocycles. The molecular formula is C20H29N3O4. The number of hydrogen-bond donors (Lipinski definition) is 1. The Morgan fingerprint density at radius 1 is 1.30 bits per heavy atom. The number of piperazine rings is 1. The van der Waals surface area contributed by atoms with E-state index in [0.29, 0.717) is 26.2 Å². The lowest BCUT2D eigenvalue weighted by Crippen LogP contribution is -2.59. The number of hydrogen-bond acceptors (Lipinski definition) is 5. The number of benzene rings is 1. The van der Waals surface area contributed by atoms with Crippen LogP contribution in [0.4, 0.5) is 0 Å². The van der Waals surface area contributed by atoms with Crippen LogP contribution in [-0.4, -0.2) is 66.9 Å². The predicted molar refractivity (Wildman–Crippen MR) is 102 cm³/mol. The molecule has 0 aromatic heterocycles. The van der Waals surface area contributed by atoms with Crippen molar-refractivity contribution in [2.24, 2.45) is 5.92 Å². The third-order valence-electron chi connectivity index (χ3n) is 4.29. The quantitative estimate of drug-likeness (QED) is 0.687. The molecule has 7 heteroatoms. The van der Waals surface area contributed by atoms with Crippen molar-refractivity contribution < 1.29 is 19.1 Å². The van der Waals surface area contributed by atoms with Crippen LogP contribution in [0.1, 0.15) is 25.8 Å². The summed E-state index contributed by atoms with van der Waals surface area (Å²) in [5, 5.41) is 2.73. The van der Waals surface area contributed by atoms with Crippen LogP contribution in [-0.2, 0) is 25.7 Å². The molecule has 1 atom stereocenters. The van der Waals surface area contributed by atoms with E-state index in [4.69, 9.17) is 4.74 Å². The summed E-state index contributed by atoms with van der Waals surface area (Å²) in [5.41, 5.74) is 1.11. The van der Waals surface area contributed by atoms with Gasteiger partial charge in [-0.25, -0.2) is 0 Å². The first-order valence-electron chi connectivity index (χ1n) is 9.32. The standard InChI is InChI=1S/C20H29N3O4/c1-15(2)14-27-19(25)11-17-20(26)21-9-10-23(17)18(24)13-22(3)12-16-7-5-4-6-8-16/h4-8,15,17H,9-14H2,1-3H3,(H,21,26). The van der Waals surface area contributed by atoms with Crippen molar-refractivity contribution in [2.45, 2.75) is 32.9 Å². The van der Waals surface area contributed by atoms with Crippen LogP contribution in [0.3, 0.4) is 0 Å². The van der Waals surface area contributed by atoms with Gasteiger partial charge in [0.15, 0.2) is 0 Å². The summed E-state index contributed by atoms with van der Waals surface area (Å²) in [6, 6.07) is 9.06. The average molecular weight is 375 g/mol. The maximum absolute atomic E-state index is 12.8. The summed E-state index contributed by atoms with van der Waals surface area (Å²) in [6.07, 6.45) is -0.118. The van der Waals surface area contributed by atoms with Gasteiger partial charge in [-0.1, -0.05) is 44.2 Å². The molecule has 1 unspecified atom stereocenters. The van der Waals surface area contributed by atoms with E-state index in [9.17, 15) is 14.4 Å². The topological polar surface area (TPSA) is 79.0 Å². The monoisotopic (exact) mass is 375 g/mol. The zero-order valence-corrected chi connectivity index (χ0v) is 16.3. The van der Waals surface area contributed by atoms with Crippen LogP contribution >= 0.6 is 0 Å². The summed E-state index contributed by atoms with van der Waals surface area (Å²) in [4.78, 5) is 40.4. The third kappa shape index (κ3) is 6.67. The summed E-state index contributed by atoms with van der Waals surface area (Å²) >= 11 is 0. The van der Waals surface area contributed by atoms with E-state index in [1.165, 1.54) is 4.90 Å². The number of amides is 2. The molecule has 1 aromatic rings. The molecule has 0 spiro atoms. The maximum atomic E-state index is 12.8. The minimum atomic E-state index is -0.809. The van der Waals surface area contributed by atoms with Gasteiger partial charge in [-0.15, -0.1) is 0 Å². The van der Waals surface area contributed by atoms with Crippen LogP contribution in [0.25, 0.3) is 0 Å². The molecule has 7 nitrogen and oxygen atoms in total. The van der Waals surface area contributed by atoms with Crippen LogP contribution in [0.2, 0.25) is 0 Å². The normalized spacial score (nSPS) is 17.1. The van der Waals surface area contributed by atoms with Crippen molar-refractivity contribution in [2.75, 3.05) is 33.3 Å². The van der Waals surface area contributed by atoms with Crippen LogP contribution in [0, 0.1) is 5.92 Å². The van der Waals surface area contributed by atoms with E-state index < -0.39 is 12.0 Å². The minimum absolute atomic E-state index is 0.118.